The van der Waals surface area contributed by atoms with Crippen molar-refractivity contribution in [1.29, 1.82) is 0 Å². The van der Waals surface area contributed by atoms with Gasteiger partial charge in [0, 0.05) is 45.4 Å². The second kappa shape index (κ2) is 10.8. The van der Waals surface area contributed by atoms with Crippen LogP contribution in [0.2, 0.25) is 0 Å². The highest BCUT2D eigenvalue weighted by molar-refractivity contribution is 14.0. The summed E-state index contributed by atoms with van der Waals surface area (Å²) in [7, 11) is 1.80. The zero-order chi connectivity index (χ0) is 18.4. The molecule has 0 aliphatic carbocycles. The fourth-order valence-electron chi connectivity index (χ4n) is 3.97. The molecule has 2 aliphatic heterocycles. The Bertz CT molecular complexity index is 649. The predicted octanol–water partition coefficient (Wildman–Crippen LogP) is 3.10. The van der Waals surface area contributed by atoms with Crippen LogP contribution in [-0.2, 0) is 6.54 Å². The van der Waals surface area contributed by atoms with Gasteiger partial charge in [0.15, 0.2) is 5.96 Å². The summed E-state index contributed by atoms with van der Waals surface area (Å²) < 4.78 is 0. The van der Waals surface area contributed by atoms with E-state index in [4.69, 9.17) is 0 Å². The predicted molar refractivity (Wildman–Crippen MR) is 119 cm³/mol. The maximum atomic E-state index is 10.9. The summed E-state index contributed by atoms with van der Waals surface area (Å²) in [6.07, 6.45) is 5.25. The Hall–Kier alpha value is -1.42. The number of hydrogen-bond donors (Lipinski definition) is 1. The molecular formula is C19H30IN5O2. The largest absolute Gasteiger partial charge is 0.352 e. The van der Waals surface area contributed by atoms with E-state index in [0.717, 1.165) is 24.6 Å². The molecule has 1 atom stereocenters. The van der Waals surface area contributed by atoms with E-state index in [-0.39, 0.29) is 34.6 Å². The van der Waals surface area contributed by atoms with E-state index < -0.39 is 0 Å². The molecule has 2 fully saturated rings. The Morgan fingerprint density at radius 2 is 2.07 bits per heavy atom. The van der Waals surface area contributed by atoms with Gasteiger partial charge >= 0.3 is 0 Å². The van der Waals surface area contributed by atoms with Crippen LogP contribution in [-0.4, -0.2) is 60.5 Å². The minimum absolute atomic E-state index is 0. The van der Waals surface area contributed by atoms with Gasteiger partial charge in [-0.25, -0.2) is 0 Å². The van der Waals surface area contributed by atoms with Crippen molar-refractivity contribution in [1.82, 2.24) is 15.1 Å². The van der Waals surface area contributed by atoms with Gasteiger partial charge in [-0.3, -0.25) is 15.1 Å². The molecule has 0 aromatic heterocycles. The van der Waals surface area contributed by atoms with E-state index in [2.05, 4.69) is 20.1 Å². The number of piperidine rings is 1. The molecule has 1 aromatic carbocycles. The van der Waals surface area contributed by atoms with Crippen molar-refractivity contribution in [2.75, 3.05) is 39.8 Å². The number of nitrogens with zero attached hydrogens (tertiary/aromatic N) is 4. The van der Waals surface area contributed by atoms with E-state index in [0.29, 0.717) is 12.5 Å². The standard InChI is InChI=1S/C19H29N5O2.HI/c1-20-19(21-13-16-6-5-7-18(12-16)24(25)26)23-11-8-17(15-23)14-22-9-3-2-4-10-22;/h5-7,12,17H,2-4,8-11,13-15H2,1H3,(H,20,21);1H. The second-order valence-corrected chi connectivity index (χ2v) is 7.29. The number of nitrogens with one attached hydrogen (secondary N) is 1. The van der Waals surface area contributed by atoms with Crippen LogP contribution in [0, 0.1) is 16.0 Å². The molecule has 2 heterocycles. The number of non-ortho nitro benzene ring substituents is 1. The van der Waals surface area contributed by atoms with Gasteiger partial charge in [0.2, 0.25) is 0 Å². The third kappa shape index (κ3) is 6.31. The summed E-state index contributed by atoms with van der Waals surface area (Å²) in [6, 6.07) is 6.76. The van der Waals surface area contributed by atoms with Crippen molar-refractivity contribution in [3.8, 4) is 0 Å². The Balaban J connectivity index is 0.00000261. The molecule has 0 spiro atoms. The Kier molecular flexibility index (Phi) is 8.75. The Labute approximate surface area is 178 Å². The van der Waals surface area contributed by atoms with Crippen molar-refractivity contribution in [3.05, 3.63) is 39.9 Å². The molecule has 1 N–H and O–H groups in total. The smallest absolute Gasteiger partial charge is 0.269 e. The number of nitro groups is 1. The molecule has 2 aliphatic rings. The minimum atomic E-state index is -0.357. The average molecular weight is 487 g/mol. The summed E-state index contributed by atoms with van der Waals surface area (Å²) in [4.78, 5) is 19.9. The lowest BCUT2D eigenvalue weighted by molar-refractivity contribution is -0.384. The zero-order valence-corrected chi connectivity index (χ0v) is 18.3. The lowest BCUT2D eigenvalue weighted by Crippen LogP contribution is -2.41. The molecule has 8 heteroatoms. The van der Waals surface area contributed by atoms with Gasteiger partial charge in [-0.15, -0.1) is 24.0 Å². The van der Waals surface area contributed by atoms with Gasteiger partial charge in [0.05, 0.1) is 4.92 Å². The van der Waals surface area contributed by atoms with Crippen LogP contribution in [0.5, 0.6) is 0 Å². The quantitative estimate of drug-likeness (QED) is 0.227. The molecule has 7 nitrogen and oxygen atoms in total. The number of guanidine groups is 1. The topological polar surface area (TPSA) is 74.0 Å². The molecule has 0 bridgehead atoms. The number of aliphatic imine (C=N–C) groups is 1. The molecule has 0 radical (unpaired) electrons. The first-order valence-corrected chi connectivity index (χ1v) is 9.57. The average Bonchev–Trinajstić information content (AvgIpc) is 3.11. The van der Waals surface area contributed by atoms with Gasteiger partial charge in [-0.05, 0) is 43.8 Å². The number of rotatable bonds is 5. The summed E-state index contributed by atoms with van der Waals surface area (Å²) in [5.74, 6) is 1.59. The van der Waals surface area contributed by atoms with Crippen LogP contribution in [0.25, 0.3) is 0 Å². The summed E-state index contributed by atoms with van der Waals surface area (Å²) >= 11 is 0. The lowest BCUT2D eigenvalue weighted by atomic mass is 10.1. The first-order chi connectivity index (χ1) is 12.7. The number of benzene rings is 1. The van der Waals surface area contributed by atoms with Crippen LogP contribution in [0.4, 0.5) is 5.69 Å². The highest BCUT2D eigenvalue weighted by Crippen LogP contribution is 2.20. The third-order valence-electron chi connectivity index (χ3n) is 5.33. The molecule has 0 amide bonds. The van der Waals surface area contributed by atoms with Crippen molar-refractivity contribution in [2.24, 2.45) is 10.9 Å². The second-order valence-electron chi connectivity index (χ2n) is 7.29. The van der Waals surface area contributed by atoms with E-state index in [1.165, 1.54) is 51.4 Å². The van der Waals surface area contributed by atoms with Crippen LogP contribution in [0.1, 0.15) is 31.2 Å². The van der Waals surface area contributed by atoms with Crippen LogP contribution in [0.3, 0.4) is 0 Å². The Morgan fingerprint density at radius 1 is 1.30 bits per heavy atom. The monoisotopic (exact) mass is 487 g/mol. The molecule has 2 saturated heterocycles. The van der Waals surface area contributed by atoms with E-state index in [1.807, 2.05) is 6.07 Å². The third-order valence-corrected chi connectivity index (χ3v) is 5.33. The first-order valence-electron chi connectivity index (χ1n) is 9.57. The first kappa shape index (κ1) is 21.9. The van der Waals surface area contributed by atoms with Crippen LogP contribution in [0.15, 0.2) is 29.3 Å². The maximum Gasteiger partial charge on any atom is 0.269 e. The van der Waals surface area contributed by atoms with Gasteiger partial charge in [0.25, 0.3) is 5.69 Å². The molecule has 150 valence electrons. The SMILES string of the molecule is CN=C(NCc1cccc([N+](=O)[O-])c1)N1CCC(CN2CCCCC2)C1.I. The summed E-state index contributed by atoms with van der Waals surface area (Å²) in [6.45, 7) is 6.28. The highest BCUT2D eigenvalue weighted by Gasteiger charge is 2.26. The summed E-state index contributed by atoms with van der Waals surface area (Å²) in [5.41, 5.74) is 1.02. The molecule has 1 unspecified atom stereocenters. The fourth-order valence-corrected chi connectivity index (χ4v) is 3.97. The van der Waals surface area contributed by atoms with E-state index in [9.17, 15) is 10.1 Å². The van der Waals surface area contributed by atoms with Crippen molar-refractivity contribution in [2.45, 2.75) is 32.2 Å². The minimum Gasteiger partial charge on any atom is -0.352 e. The molecule has 0 saturated carbocycles. The normalized spacial score (nSPS) is 21.0. The molecule has 1 aromatic rings. The van der Waals surface area contributed by atoms with Crippen molar-refractivity contribution < 1.29 is 4.92 Å². The highest BCUT2D eigenvalue weighted by atomic mass is 127. The summed E-state index contributed by atoms with van der Waals surface area (Å²) in [5, 5.41) is 14.3. The molecule has 3 rings (SSSR count). The number of nitro benzene ring substituents is 1. The van der Waals surface area contributed by atoms with E-state index >= 15 is 0 Å². The van der Waals surface area contributed by atoms with Gasteiger partial charge in [0.1, 0.15) is 0 Å². The zero-order valence-electron chi connectivity index (χ0n) is 16.0. The van der Waals surface area contributed by atoms with Gasteiger partial charge < -0.3 is 15.1 Å². The van der Waals surface area contributed by atoms with Crippen LogP contribution >= 0.6 is 24.0 Å². The Morgan fingerprint density at radius 3 is 2.78 bits per heavy atom. The number of halogens is 1. The van der Waals surface area contributed by atoms with Crippen molar-refractivity contribution in [3.63, 3.8) is 0 Å². The lowest BCUT2D eigenvalue weighted by Gasteiger charge is -2.29. The van der Waals surface area contributed by atoms with Gasteiger partial charge in [-0.2, -0.15) is 0 Å². The van der Waals surface area contributed by atoms with Gasteiger partial charge in [-0.1, -0.05) is 18.6 Å². The molecular weight excluding hydrogens is 457 g/mol. The number of hydrogen-bond acceptors (Lipinski definition) is 4. The maximum absolute atomic E-state index is 10.9. The fraction of sp³-hybridized carbons (Fsp3) is 0.632. The van der Waals surface area contributed by atoms with E-state index in [1.54, 1.807) is 19.2 Å². The van der Waals surface area contributed by atoms with Crippen molar-refractivity contribution >= 4 is 35.6 Å². The number of likely N-dealkylation sites (tertiary alicyclic amines) is 2. The molecule has 27 heavy (non-hydrogen) atoms. The van der Waals surface area contributed by atoms with Crippen LogP contribution < -0.4 is 5.32 Å².